The van der Waals surface area contributed by atoms with Gasteiger partial charge < -0.3 is 10.4 Å². The molecule has 22 heavy (non-hydrogen) atoms. The fraction of sp³-hybridized carbons (Fsp3) is 0.308. The van der Waals surface area contributed by atoms with Crippen molar-refractivity contribution in [3.05, 3.63) is 41.2 Å². The van der Waals surface area contributed by atoms with E-state index in [-0.39, 0.29) is 18.1 Å². The van der Waals surface area contributed by atoms with E-state index >= 15 is 0 Å². The van der Waals surface area contributed by atoms with Crippen LogP contribution in [0.15, 0.2) is 30.6 Å². The Morgan fingerprint density at radius 1 is 1.36 bits per heavy atom. The Balaban J connectivity index is 2.39. The van der Waals surface area contributed by atoms with Gasteiger partial charge in [0.2, 0.25) is 0 Å². The average molecular weight is 354 g/mol. The Morgan fingerprint density at radius 2 is 2.09 bits per heavy atom. The van der Waals surface area contributed by atoms with Gasteiger partial charge in [-0.1, -0.05) is 11.6 Å². The second-order valence-electron chi connectivity index (χ2n) is 4.52. The fourth-order valence-electron chi connectivity index (χ4n) is 1.77. The maximum Gasteiger partial charge on any atom is 0.416 e. The number of anilines is 1. The molecule has 0 fully saturated rings. The lowest BCUT2D eigenvalue weighted by atomic mass is 10.1. The lowest BCUT2D eigenvalue weighted by molar-refractivity contribution is -0.137. The highest BCUT2D eigenvalue weighted by molar-refractivity contribution is 6.30. The van der Waals surface area contributed by atoms with Gasteiger partial charge in [-0.05, 0) is 18.2 Å². The number of nitrogens with one attached hydrogen (secondary N) is 1. The van der Waals surface area contributed by atoms with Crippen LogP contribution in [-0.4, -0.2) is 33.4 Å². The van der Waals surface area contributed by atoms with Gasteiger partial charge in [0, 0.05) is 12.7 Å². The van der Waals surface area contributed by atoms with Gasteiger partial charge in [0.1, 0.15) is 0 Å². The summed E-state index contributed by atoms with van der Waals surface area (Å²) in [6.07, 6.45) is -2.52. The summed E-state index contributed by atoms with van der Waals surface area (Å²) in [6.45, 7) is 0.00676. The van der Waals surface area contributed by atoms with Crippen LogP contribution < -0.4 is 5.32 Å². The van der Waals surface area contributed by atoms with Gasteiger partial charge in [-0.2, -0.15) is 18.3 Å². The van der Waals surface area contributed by atoms with Crippen LogP contribution in [0.5, 0.6) is 0 Å². The van der Waals surface area contributed by atoms with E-state index in [0.29, 0.717) is 10.7 Å². The number of nitrogens with zero attached hydrogens (tertiary/aromatic N) is 2. The van der Waals surface area contributed by atoms with Crippen molar-refractivity contribution >= 4 is 28.9 Å². The third kappa shape index (κ3) is 4.06. The van der Waals surface area contributed by atoms with E-state index in [4.69, 9.17) is 23.2 Å². The van der Waals surface area contributed by atoms with Crippen molar-refractivity contribution in [1.29, 1.82) is 0 Å². The maximum absolute atomic E-state index is 12.8. The van der Waals surface area contributed by atoms with E-state index in [2.05, 4.69) is 10.4 Å². The van der Waals surface area contributed by atoms with Crippen LogP contribution in [0.1, 0.15) is 5.56 Å². The predicted octanol–water partition coefficient (Wildman–Crippen LogP) is 3.56. The predicted molar refractivity (Wildman–Crippen MR) is 78.8 cm³/mol. The van der Waals surface area contributed by atoms with Gasteiger partial charge in [-0.25, -0.2) is 4.68 Å². The summed E-state index contributed by atoms with van der Waals surface area (Å²) in [6, 6.07) is 3.18. The molecule has 1 aromatic heterocycles. The molecule has 4 nitrogen and oxygen atoms in total. The van der Waals surface area contributed by atoms with Crippen molar-refractivity contribution in [3.63, 3.8) is 0 Å². The molecule has 9 heteroatoms. The Labute approximate surface area is 134 Å². The van der Waals surface area contributed by atoms with Gasteiger partial charge in [0.05, 0.1) is 40.1 Å². The number of hydrogen-bond donors (Lipinski definition) is 2. The average Bonchev–Trinajstić information content (AvgIpc) is 2.89. The lowest BCUT2D eigenvalue weighted by Gasteiger charge is -2.16. The van der Waals surface area contributed by atoms with Crippen LogP contribution in [0.2, 0.25) is 5.02 Å². The molecule has 1 atom stereocenters. The summed E-state index contributed by atoms with van der Waals surface area (Å²) >= 11 is 11.3. The minimum Gasteiger partial charge on any atom is -0.390 e. The zero-order chi connectivity index (χ0) is 16.3. The molecule has 0 amide bonds. The number of hydrogen-bond acceptors (Lipinski definition) is 3. The van der Waals surface area contributed by atoms with Gasteiger partial charge in [0.25, 0.3) is 0 Å². The van der Waals surface area contributed by atoms with E-state index in [1.165, 1.54) is 23.1 Å². The largest absolute Gasteiger partial charge is 0.416 e. The molecular weight excluding hydrogens is 342 g/mol. The maximum atomic E-state index is 12.8. The molecule has 0 bridgehead atoms. The number of benzene rings is 1. The smallest absolute Gasteiger partial charge is 0.390 e. The molecular formula is C13H12Cl2F3N3O. The molecule has 0 spiro atoms. The normalized spacial score (nSPS) is 13.2. The fourth-order valence-corrected chi connectivity index (χ4v) is 2.01. The van der Waals surface area contributed by atoms with Crippen molar-refractivity contribution in [2.45, 2.75) is 12.3 Å². The highest BCUT2D eigenvalue weighted by Crippen LogP contribution is 2.33. The van der Waals surface area contributed by atoms with E-state index in [1.54, 1.807) is 0 Å². The minimum atomic E-state index is -4.47. The van der Waals surface area contributed by atoms with Crippen LogP contribution in [0, 0.1) is 0 Å². The Hall–Kier alpha value is -1.44. The Morgan fingerprint density at radius 3 is 2.64 bits per heavy atom. The second kappa shape index (κ2) is 6.76. The summed E-state index contributed by atoms with van der Waals surface area (Å²) < 4.78 is 39.8. The van der Waals surface area contributed by atoms with E-state index < -0.39 is 17.8 Å². The monoisotopic (exact) mass is 353 g/mol. The van der Waals surface area contributed by atoms with Gasteiger partial charge >= 0.3 is 6.18 Å². The number of alkyl halides is 4. The first-order valence-electron chi connectivity index (χ1n) is 6.21. The van der Waals surface area contributed by atoms with Crippen molar-refractivity contribution in [1.82, 2.24) is 9.78 Å². The highest BCUT2D eigenvalue weighted by Gasteiger charge is 2.31. The minimum absolute atomic E-state index is 0.00676. The molecule has 0 aliphatic carbocycles. The summed E-state index contributed by atoms with van der Waals surface area (Å²) in [5.41, 5.74) is -0.266. The zero-order valence-corrected chi connectivity index (χ0v) is 12.6. The molecule has 0 radical (unpaired) electrons. The van der Waals surface area contributed by atoms with Crippen molar-refractivity contribution < 1.29 is 18.3 Å². The SMILES string of the molecule is OC(CCl)CNc1cc(C(F)(F)F)ccc1-n1cc(Cl)cn1. The van der Waals surface area contributed by atoms with Crippen LogP contribution in [0.25, 0.3) is 5.69 Å². The molecule has 0 saturated heterocycles. The highest BCUT2D eigenvalue weighted by atomic mass is 35.5. The summed E-state index contributed by atoms with van der Waals surface area (Å²) in [5, 5.41) is 16.5. The van der Waals surface area contributed by atoms with Crippen LogP contribution in [-0.2, 0) is 6.18 Å². The van der Waals surface area contributed by atoms with E-state index in [0.717, 1.165) is 12.1 Å². The van der Waals surface area contributed by atoms with Crippen molar-refractivity contribution in [2.75, 3.05) is 17.7 Å². The van der Waals surface area contributed by atoms with Crippen LogP contribution in [0.3, 0.4) is 0 Å². The third-order valence-corrected chi connectivity index (χ3v) is 3.38. The molecule has 2 rings (SSSR count). The van der Waals surface area contributed by atoms with Gasteiger partial charge in [0.15, 0.2) is 0 Å². The number of aliphatic hydroxyl groups excluding tert-OH is 1. The van der Waals surface area contributed by atoms with Gasteiger partial charge in [-0.15, -0.1) is 11.6 Å². The molecule has 2 aromatic rings. The van der Waals surface area contributed by atoms with E-state index in [1.807, 2.05) is 0 Å². The Bertz CT molecular complexity index is 646. The first kappa shape index (κ1) is 16.9. The zero-order valence-electron chi connectivity index (χ0n) is 11.1. The molecule has 1 heterocycles. The molecule has 2 N–H and O–H groups in total. The molecule has 0 aliphatic rings. The topological polar surface area (TPSA) is 50.1 Å². The molecule has 1 aromatic carbocycles. The number of aliphatic hydroxyl groups is 1. The summed E-state index contributed by atoms with van der Waals surface area (Å²) in [7, 11) is 0. The number of halogens is 5. The molecule has 0 saturated carbocycles. The standard InChI is InChI=1S/C13H12Cl2F3N3O/c14-4-10(22)6-19-11-3-8(13(16,17)18)1-2-12(11)21-7-9(15)5-20-21/h1-3,5,7,10,19,22H,4,6H2. The summed E-state index contributed by atoms with van der Waals surface area (Å²) in [5.74, 6) is -0.0328. The van der Waals surface area contributed by atoms with Crippen molar-refractivity contribution in [3.8, 4) is 5.69 Å². The van der Waals surface area contributed by atoms with Crippen LogP contribution in [0.4, 0.5) is 18.9 Å². The lowest BCUT2D eigenvalue weighted by Crippen LogP contribution is -2.22. The van der Waals surface area contributed by atoms with Crippen molar-refractivity contribution in [2.24, 2.45) is 0 Å². The number of rotatable bonds is 5. The van der Waals surface area contributed by atoms with E-state index in [9.17, 15) is 18.3 Å². The third-order valence-electron chi connectivity index (χ3n) is 2.83. The molecule has 0 aliphatic heterocycles. The first-order valence-corrected chi connectivity index (χ1v) is 7.12. The quantitative estimate of drug-likeness (QED) is 0.808. The first-order chi connectivity index (χ1) is 10.3. The van der Waals surface area contributed by atoms with Crippen LogP contribution >= 0.6 is 23.2 Å². The number of aromatic nitrogens is 2. The second-order valence-corrected chi connectivity index (χ2v) is 5.27. The van der Waals surface area contributed by atoms with Gasteiger partial charge in [-0.3, -0.25) is 0 Å². The molecule has 1 unspecified atom stereocenters. The Kier molecular flexibility index (Phi) is 5.20. The molecule has 120 valence electrons. The summed E-state index contributed by atoms with van der Waals surface area (Å²) in [4.78, 5) is 0.